The number of amidine groups is 1. The summed E-state index contributed by atoms with van der Waals surface area (Å²) in [6.07, 6.45) is 0. The Bertz CT molecular complexity index is 1210. The number of aromatic amines is 1. The van der Waals surface area contributed by atoms with Crippen molar-refractivity contribution in [2.24, 2.45) is 0 Å². The van der Waals surface area contributed by atoms with Gasteiger partial charge in [-0.2, -0.15) is 0 Å². The van der Waals surface area contributed by atoms with Gasteiger partial charge < -0.3 is 15.0 Å². The lowest BCUT2D eigenvalue weighted by Gasteiger charge is -2.27. The van der Waals surface area contributed by atoms with E-state index in [1.54, 1.807) is 0 Å². The van der Waals surface area contributed by atoms with Crippen LogP contribution in [0.15, 0.2) is 84.6 Å². The van der Waals surface area contributed by atoms with E-state index in [1.165, 1.54) is 0 Å². The van der Waals surface area contributed by atoms with Crippen molar-refractivity contribution >= 4 is 28.1 Å². The first-order valence-electron chi connectivity index (χ1n) is 9.51. The molecule has 0 bridgehead atoms. The number of H-pyrrole nitrogens is 1. The molecule has 0 spiro atoms. The minimum absolute atomic E-state index is 0.126. The predicted molar refractivity (Wildman–Crippen MR) is 116 cm³/mol. The van der Waals surface area contributed by atoms with Crippen molar-refractivity contribution in [2.75, 3.05) is 4.90 Å². The van der Waals surface area contributed by atoms with E-state index < -0.39 is 6.04 Å². The zero-order valence-electron chi connectivity index (χ0n) is 15.9. The van der Waals surface area contributed by atoms with Crippen molar-refractivity contribution < 1.29 is 5.11 Å². The number of hydrogen-bond donors (Lipinski definition) is 3. The van der Waals surface area contributed by atoms with Crippen LogP contribution in [0.5, 0.6) is 0 Å². The summed E-state index contributed by atoms with van der Waals surface area (Å²) in [7, 11) is 0. The third-order valence-corrected chi connectivity index (χ3v) is 5.30. The lowest BCUT2D eigenvalue weighted by atomic mass is 10.0. The molecular formula is C24H20N4O. The highest BCUT2D eigenvalue weighted by Gasteiger charge is 2.40. The number of anilines is 1. The van der Waals surface area contributed by atoms with Crippen LogP contribution in [0.4, 0.5) is 5.69 Å². The Morgan fingerprint density at radius 3 is 2.34 bits per heavy atom. The van der Waals surface area contributed by atoms with Crippen LogP contribution in [0, 0.1) is 12.3 Å². The zero-order valence-corrected chi connectivity index (χ0v) is 15.9. The molecule has 0 saturated heterocycles. The molecule has 29 heavy (non-hydrogen) atoms. The summed E-state index contributed by atoms with van der Waals surface area (Å²) < 4.78 is 0. The lowest BCUT2D eigenvalue weighted by Crippen LogP contribution is -2.29. The minimum Gasteiger partial charge on any atom is -0.509 e. The maximum atomic E-state index is 11.3. The number of nitrogens with one attached hydrogen (secondary N) is 2. The number of imidazole rings is 1. The molecule has 0 unspecified atom stereocenters. The van der Waals surface area contributed by atoms with E-state index in [0.29, 0.717) is 11.4 Å². The molecule has 142 valence electrons. The van der Waals surface area contributed by atoms with Crippen molar-refractivity contribution in [1.82, 2.24) is 9.97 Å². The molecule has 1 aromatic heterocycles. The second kappa shape index (κ2) is 6.63. The molecule has 0 aliphatic carbocycles. The van der Waals surface area contributed by atoms with Gasteiger partial charge in [0.25, 0.3) is 0 Å². The Morgan fingerprint density at radius 1 is 0.931 bits per heavy atom. The fourth-order valence-corrected chi connectivity index (χ4v) is 3.86. The van der Waals surface area contributed by atoms with E-state index in [9.17, 15) is 5.11 Å². The molecule has 2 heterocycles. The fourth-order valence-electron chi connectivity index (χ4n) is 3.86. The molecule has 5 nitrogen and oxygen atoms in total. The molecule has 5 rings (SSSR count). The van der Waals surface area contributed by atoms with Crippen LogP contribution < -0.4 is 4.90 Å². The number of hydrogen-bond acceptors (Lipinski definition) is 3. The monoisotopic (exact) mass is 380 g/mol. The third kappa shape index (κ3) is 2.79. The number of rotatable bonds is 3. The first-order valence-corrected chi connectivity index (χ1v) is 9.51. The van der Waals surface area contributed by atoms with E-state index >= 15 is 0 Å². The summed E-state index contributed by atoms with van der Waals surface area (Å²) >= 11 is 0. The molecule has 3 N–H and O–H groups in total. The van der Waals surface area contributed by atoms with Gasteiger partial charge in [-0.15, -0.1) is 0 Å². The number of fused-ring (bicyclic) bond motifs is 1. The number of para-hydroxylation sites is 2. The smallest absolute Gasteiger partial charge is 0.145 e. The quantitative estimate of drug-likeness (QED) is 0.447. The molecule has 3 aromatic carbocycles. The molecule has 1 atom stereocenters. The molecule has 0 amide bonds. The third-order valence-electron chi connectivity index (χ3n) is 5.30. The molecule has 0 fully saturated rings. The summed E-state index contributed by atoms with van der Waals surface area (Å²) in [4.78, 5) is 9.73. The second-order valence-corrected chi connectivity index (χ2v) is 7.23. The summed E-state index contributed by atoms with van der Waals surface area (Å²) in [6.45, 7) is 2.03. The Kier molecular flexibility index (Phi) is 3.95. The topological polar surface area (TPSA) is 76.0 Å². The van der Waals surface area contributed by atoms with Gasteiger partial charge in [-0.3, -0.25) is 5.41 Å². The maximum absolute atomic E-state index is 11.3. The first-order chi connectivity index (χ1) is 14.1. The fraction of sp³-hybridized carbons (Fsp3) is 0.0833. The van der Waals surface area contributed by atoms with E-state index in [0.717, 1.165) is 27.8 Å². The number of aromatic nitrogens is 2. The zero-order chi connectivity index (χ0) is 20.0. The predicted octanol–water partition coefficient (Wildman–Crippen LogP) is 5.38. The number of nitrogens with zero attached hydrogens (tertiary/aromatic N) is 2. The van der Waals surface area contributed by atoms with Gasteiger partial charge in [-0.25, -0.2) is 4.98 Å². The van der Waals surface area contributed by atoms with Crippen molar-refractivity contribution in [3.63, 3.8) is 0 Å². The van der Waals surface area contributed by atoms with E-state index in [2.05, 4.69) is 9.97 Å². The van der Waals surface area contributed by atoms with Crippen LogP contribution in [0.3, 0.4) is 0 Å². The van der Waals surface area contributed by atoms with Gasteiger partial charge in [-0.1, -0.05) is 60.2 Å². The number of aliphatic hydroxyl groups is 1. The van der Waals surface area contributed by atoms with Crippen molar-refractivity contribution in [3.05, 3.63) is 102 Å². The van der Waals surface area contributed by atoms with Crippen LogP contribution in [-0.4, -0.2) is 20.9 Å². The number of aryl methyl sites for hydroxylation is 1. The van der Waals surface area contributed by atoms with Crippen LogP contribution in [0.25, 0.3) is 16.6 Å². The average molecular weight is 380 g/mol. The van der Waals surface area contributed by atoms with Gasteiger partial charge in [0.2, 0.25) is 0 Å². The summed E-state index contributed by atoms with van der Waals surface area (Å²) in [5, 5.41) is 20.2. The maximum Gasteiger partial charge on any atom is 0.145 e. The summed E-state index contributed by atoms with van der Waals surface area (Å²) in [6, 6.07) is 25.0. The largest absolute Gasteiger partial charge is 0.509 e. The summed E-state index contributed by atoms with van der Waals surface area (Å²) in [5.74, 6) is 0.851. The van der Waals surface area contributed by atoms with Crippen molar-refractivity contribution in [3.8, 4) is 0 Å². The Balaban J connectivity index is 1.69. The van der Waals surface area contributed by atoms with Gasteiger partial charge in [0.1, 0.15) is 23.5 Å². The van der Waals surface area contributed by atoms with Crippen LogP contribution in [0.1, 0.15) is 23.0 Å². The van der Waals surface area contributed by atoms with Gasteiger partial charge in [0.15, 0.2) is 0 Å². The molecule has 0 saturated carbocycles. The summed E-state index contributed by atoms with van der Waals surface area (Å²) in [5.41, 5.74) is 5.02. The SMILES string of the molecule is Cc1ccc(N2C(=N)C(c3nc4ccccc4[nH]3)=C(O)[C@@H]2c2ccccc2)cc1. The molecule has 1 aliphatic heterocycles. The van der Waals surface area contributed by atoms with Crippen LogP contribution in [0.2, 0.25) is 0 Å². The van der Waals surface area contributed by atoms with Gasteiger partial charge >= 0.3 is 0 Å². The van der Waals surface area contributed by atoms with E-state index in [1.807, 2.05) is 90.7 Å². The normalized spacial score (nSPS) is 16.8. The highest BCUT2D eigenvalue weighted by Crippen LogP contribution is 2.43. The van der Waals surface area contributed by atoms with E-state index in [4.69, 9.17) is 5.41 Å². The second-order valence-electron chi connectivity index (χ2n) is 7.23. The van der Waals surface area contributed by atoms with Crippen molar-refractivity contribution in [1.29, 1.82) is 5.41 Å². The van der Waals surface area contributed by atoms with Gasteiger partial charge in [-0.05, 0) is 36.8 Å². The molecule has 5 heteroatoms. The average Bonchev–Trinajstić information content (AvgIpc) is 3.27. The van der Waals surface area contributed by atoms with Gasteiger partial charge in [0.05, 0.1) is 16.6 Å². The Labute approximate surface area is 168 Å². The van der Waals surface area contributed by atoms with Crippen molar-refractivity contribution in [2.45, 2.75) is 13.0 Å². The van der Waals surface area contributed by atoms with Crippen LogP contribution >= 0.6 is 0 Å². The molecule has 4 aromatic rings. The highest BCUT2D eigenvalue weighted by molar-refractivity contribution is 6.31. The van der Waals surface area contributed by atoms with Gasteiger partial charge in [0, 0.05) is 5.69 Å². The number of aliphatic hydroxyl groups excluding tert-OH is 1. The molecule has 0 radical (unpaired) electrons. The Morgan fingerprint density at radius 2 is 1.62 bits per heavy atom. The molecule has 1 aliphatic rings. The van der Waals surface area contributed by atoms with E-state index in [-0.39, 0.29) is 11.6 Å². The first kappa shape index (κ1) is 17.3. The number of benzene rings is 3. The highest BCUT2D eigenvalue weighted by atomic mass is 16.3. The molecular weight excluding hydrogens is 360 g/mol. The minimum atomic E-state index is -0.477. The lowest BCUT2D eigenvalue weighted by molar-refractivity contribution is 0.379. The van der Waals surface area contributed by atoms with Crippen LogP contribution in [-0.2, 0) is 0 Å². The Hall–Kier alpha value is -3.86. The standard InChI is InChI=1S/C24H20N4O/c1-15-11-13-17(14-12-15)28-21(16-7-3-2-4-8-16)22(29)20(23(28)25)24-26-18-9-5-6-10-19(18)27-24/h2-14,21,25,29H,1H3,(H,26,27)/t21-/m0/s1.